The second kappa shape index (κ2) is 6.75. The molecular weight excluding hydrogens is 278 g/mol. The number of benzene rings is 1. The number of rotatable bonds is 4. The Hall–Kier alpha value is -2.14. The Morgan fingerprint density at radius 3 is 2.82 bits per heavy atom. The van der Waals surface area contributed by atoms with Gasteiger partial charge >= 0.3 is 0 Å². The molecule has 0 saturated carbocycles. The number of nitrogens with zero attached hydrogens (tertiary/aromatic N) is 1. The van der Waals surface area contributed by atoms with E-state index in [9.17, 15) is 4.79 Å². The fourth-order valence-corrected chi connectivity index (χ4v) is 2.97. The van der Waals surface area contributed by atoms with Gasteiger partial charge in [-0.25, -0.2) is 4.98 Å². The summed E-state index contributed by atoms with van der Waals surface area (Å²) in [4.78, 5) is 19.5. The first-order valence-electron chi connectivity index (χ1n) is 7.69. The maximum Gasteiger partial charge on any atom is 0.251 e. The van der Waals surface area contributed by atoms with Crippen molar-refractivity contribution in [2.24, 2.45) is 0 Å². The highest BCUT2D eigenvalue weighted by atomic mass is 16.5. The molecule has 22 heavy (non-hydrogen) atoms. The van der Waals surface area contributed by atoms with E-state index in [1.54, 1.807) is 13.2 Å². The van der Waals surface area contributed by atoms with Crippen LogP contribution in [0.3, 0.4) is 0 Å². The fraction of sp³-hybridized carbons (Fsp3) is 0.412. The van der Waals surface area contributed by atoms with Crippen molar-refractivity contribution in [3.05, 3.63) is 57.8 Å². The highest BCUT2D eigenvalue weighted by molar-refractivity contribution is 5.35. The van der Waals surface area contributed by atoms with Crippen LogP contribution in [0.15, 0.2) is 35.1 Å². The molecule has 0 aliphatic carbocycles. The molecule has 0 spiro atoms. The lowest BCUT2D eigenvalue weighted by molar-refractivity contribution is 0.410. The van der Waals surface area contributed by atoms with E-state index in [0.29, 0.717) is 18.2 Å². The molecule has 5 nitrogen and oxygen atoms in total. The van der Waals surface area contributed by atoms with Crippen LogP contribution >= 0.6 is 0 Å². The molecular formula is C17H21N3O2. The Balaban J connectivity index is 1.87. The van der Waals surface area contributed by atoms with Crippen LogP contribution < -0.4 is 15.6 Å². The smallest absolute Gasteiger partial charge is 0.251 e. The van der Waals surface area contributed by atoms with E-state index in [1.807, 2.05) is 24.3 Å². The molecule has 0 bridgehead atoms. The summed E-state index contributed by atoms with van der Waals surface area (Å²) >= 11 is 0. The number of ether oxygens (including phenoxy) is 1. The number of hydrogen-bond acceptors (Lipinski definition) is 4. The minimum Gasteiger partial charge on any atom is -0.496 e. The van der Waals surface area contributed by atoms with Crippen molar-refractivity contribution in [2.45, 2.75) is 25.2 Å². The van der Waals surface area contributed by atoms with Crippen LogP contribution in [0.25, 0.3) is 0 Å². The third-order valence-electron chi connectivity index (χ3n) is 4.12. The van der Waals surface area contributed by atoms with Crippen molar-refractivity contribution >= 4 is 0 Å². The maximum absolute atomic E-state index is 12.0. The average molecular weight is 299 g/mol. The van der Waals surface area contributed by atoms with E-state index in [4.69, 9.17) is 4.74 Å². The lowest BCUT2D eigenvalue weighted by Gasteiger charge is -2.22. The molecule has 2 heterocycles. The molecule has 5 heteroatoms. The molecule has 0 radical (unpaired) electrons. The predicted octanol–water partition coefficient (Wildman–Crippen LogP) is 1.84. The molecule has 3 rings (SSSR count). The Bertz CT molecular complexity index is 690. The Morgan fingerprint density at radius 2 is 2.05 bits per heavy atom. The molecule has 116 valence electrons. The van der Waals surface area contributed by atoms with Gasteiger partial charge in [0, 0.05) is 24.0 Å². The highest BCUT2D eigenvalue weighted by Crippen LogP contribution is 2.23. The van der Waals surface area contributed by atoms with E-state index in [0.717, 1.165) is 42.9 Å². The molecule has 1 aromatic heterocycles. The van der Waals surface area contributed by atoms with Crippen LogP contribution in [0, 0.1) is 0 Å². The summed E-state index contributed by atoms with van der Waals surface area (Å²) in [6.07, 6.45) is 2.63. The molecule has 1 aliphatic rings. The number of aromatic amines is 1. The summed E-state index contributed by atoms with van der Waals surface area (Å²) < 4.78 is 5.37. The first-order valence-corrected chi connectivity index (χ1v) is 7.69. The zero-order valence-corrected chi connectivity index (χ0v) is 12.8. The molecule has 0 unspecified atom stereocenters. The third-order valence-corrected chi connectivity index (χ3v) is 4.12. The molecule has 1 aliphatic heterocycles. The van der Waals surface area contributed by atoms with E-state index in [2.05, 4.69) is 15.3 Å². The zero-order valence-electron chi connectivity index (χ0n) is 12.8. The SMILES string of the molecule is COc1ccccc1Cc1nc(C2CCNCC2)cc(=O)[nH]1. The Kier molecular flexibility index (Phi) is 4.53. The van der Waals surface area contributed by atoms with Crippen LogP contribution in [0.1, 0.15) is 35.8 Å². The average Bonchev–Trinajstić information content (AvgIpc) is 2.56. The first kappa shape index (κ1) is 14.8. The molecule has 0 amide bonds. The van der Waals surface area contributed by atoms with Crippen molar-refractivity contribution < 1.29 is 4.74 Å². The van der Waals surface area contributed by atoms with Crippen molar-refractivity contribution in [1.29, 1.82) is 0 Å². The molecule has 1 fully saturated rings. The topological polar surface area (TPSA) is 67.0 Å². The van der Waals surface area contributed by atoms with Gasteiger partial charge in [0.1, 0.15) is 11.6 Å². The summed E-state index contributed by atoms with van der Waals surface area (Å²) in [7, 11) is 1.65. The number of hydrogen-bond donors (Lipinski definition) is 2. The lowest BCUT2D eigenvalue weighted by Crippen LogP contribution is -2.28. The quantitative estimate of drug-likeness (QED) is 0.904. The van der Waals surface area contributed by atoms with Crippen LogP contribution in [0.2, 0.25) is 0 Å². The number of para-hydroxylation sites is 1. The largest absolute Gasteiger partial charge is 0.496 e. The van der Waals surface area contributed by atoms with Gasteiger partial charge in [-0.2, -0.15) is 0 Å². The molecule has 1 aromatic carbocycles. The number of aromatic nitrogens is 2. The second-order valence-corrected chi connectivity index (χ2v) is 5.63. The van der Waals surface area contributed by atoms with Crippen LogP contribution in [0.5, 0.6) is 5.75 Å². The van der Waals surface area contributed by atoms with Gasteiger partial charge in [-0.1, -0.05) is 18.2 Å². The van der Waals surface area contributed by atoms with Gasteiger partial charge in [-0.15, -0.1) is 0 Å². The number of H-pyrrole nitrogens is 1. The maximum atomic E-state index is 12.0. The van der Waals surface area contributed by atoms with Gasteiger partial charge in [0.2, 0.25) is 0 Å². The normalized spacial score (nSPS) is 15.7. The van der Waals surface area contributed by atoms with Crippen molar-refractivity contribution in [3.8, 4) is 5.75 Å². The van der Waals surface area contributed by atoms with Crippen molar-refractivity contribution in [3.63, 3.8) is 0 Å². The van der Waals surface area contributed by atoms with E-state index in [-0.39, 0.29) is 5.56 Å². The summed E-state index contributed by atoms with van der Waals surface area (Å²) in [5, 5.41) is 3.34. The summed E-state index contributed by atoms with van der Waals surface area (Å²) in [6.45, 7) is 1.97. The van der Waals surface area contributed by atoms with Gasteiger partial charge in [0.05, 0.1) is 12.8 Å². The van der Waals surface area contributed by atoms with Crippen LogP contribution in [-0.4, -0.2) is 30.2 Å². The minimum atomic E-state index is -0.0755. The van der Waals surface area contributed by atoms with E-state index in [1.165, 1.54) is 0 Å². The predicted molar refractivity (Wildman–Crippen MR) is 85.5 cm³/mol. The highest BCUT2D eigenvalue weighted by Gasteiger charge is 2.18. The Morgan fingerprint density at radius 1 is 1.27 bits per heavy atom. The van der Waals surface area contributed by atoms with E-state index >= 15 is 0 Å². The van der Waals surface area contributed by atoms with Crippen molar-refractivity contribution in [2.75, 3.05) is 20.2 Å². The lowest BCUT2D eigenvalue weighted by atomic mass is 9.94. The minimum absolute atomic E-state index is 0.0755. The Labute approximate surface area is 129 Å². The molecule has 2 aromatic rings. The molecule has 1 saturated heterocycles. The van der Waals surface area contributed by atoms with Gasteiger partial charge in [0.15, 0.2) is 0 Å². The zero-order chi connectivity index (χ0) is 15.4. The number of methoxy groups -OCH3 is 1. The van der Waals surface area contributed by atoms with Crippen LogP contribution in [-0.2, 0) is 6.42 Å². The summed E-state index contributed by atoms with van der Waals surface area (Å²) in [5.74, 6) is 1.89. The van der Waals surface area contributed by atoms with Gasteiger partial charge < -0.3 is 15.0 Å². The number of piperidine rings is 1. The van der Waals surface area contributed by atoms with Gasteiger partial charge in [-0.3, -0.25) is 4.79 Å². The number of nitrogens with one attached hydrogen (secondary N) is 2. The van der Waals surface area contributed by atoms with Crippen molar-refractivity contribution in [1.82, 2.24) is 15.3 Å². The summed E-state index contributed by atoms with van der Waals surface area (Å²) in [6, 6.07) is 9.46. The summed E-state index contributed by atoms with van der Waals surface area (Å²) in [5.41, 5.74) is 1.86. The standard InChI is InChI=1S/C17H21N3O2/c1-22-15-5-3-2-4-13(15)10-16-19-14(11-17(21)20-16)12-6-8-18-9-7-12/h2-5,11-12,18H,6-10H2,1H3,(H,19,20,21). The van der Waals surface area contributed by atoms with Gasteiger partial charge in [0.25, 0.3) is 5.56 Å². The fourth-order valence-electron chi connectivity index (χ4n) is 2.97. The monoisotopic (exact) mass is 299 g/mol. The van der Waals surface area contributed by atoms with Crippen LogP contribution in [0.4, 0.5) is 0 Å². The molecule has 0 atom stereocenters. The van der Waals surface area contributed by atoms with Gasteiger partial charge in [-0.05, 0) is 32.0 Å². The third kappa shape index (κ3) is 3.36. The second-order valence-electron chi connectivity index (χ2n) is 5.63. The first-order chi connectivity index (χ1) is 10.8. The molecule has 2 N–H and O–H groups in total. The van der Waals surface area contributed by atoms with E-state index < -0.39 is 0 Å².